The van der Waals surface area contributed by atoms with Gasteiger partial charge in [0, 0.05) is 23.8 Å². The van der Waals surface area contributed by atoms with E-state index < -0.39 is 0 Å². The third-order valence-electron chi connectivity index (χ3n) is 5.37. The number of aromatic nitrogens is 2. The molecule has 120 valence electrons. The van der Waals surface area contributed by atoms with Crippen molar-refractivity contribution in [2.45, 2.75) is 31.8 Å². The van der Waals surface area contributed by atoms with Gasteiger partial charge in [0.1, 0.15) is 0 Å². The lowest BCUT2D eigenvalue weighted by molar-refractivity contribution is 0.0266. The number of nitrogens with one attached hydrogen (secondary N) is 1. The van der Waals surface area contributed by atoms with Crippen LogP contribution in [0.4, 0.5) is 4.79 Å². The summed E-state index contributed by atoms with van der Waals surface area (Å²) in [6, 6.07) is 10.5. The standard InChI is InChI=1S/C18H22N4O/c1-13-17(15-7-9-21(13)10-8-15)20-18(23)22-12-16(11-19-22)14-5-3-2-4-6-14/h2-6,11-13,15,17H,7-10H2,1H3,(H,20,23)/t13-,17+/m1/s1. The van der Waals surface area contributed by atoms with Gasteiger partial charge in [-0.05, 0) is 44.3 Å². The minimum atomic E-state index is -0.127. The van der Waals surface area contributed by atoms with E-state index >= 15 is 0 Å². The summed E-state index contributed by atoms with van der Waals surface area (Å²) >= 11 is 0. The predicted octanol–water partition coefficient (Wildman–Crippen LogP) is 2.59. The molecule has 1 aromatic heterocycles. The molecule has 0 spiro atoms. The van der Waals surface area contributed by atoms with Crippen LogP contribution < -0.4 is 5.32 Å². The summed E-state index contributed by atoms with van der Waals surface area (Å²) in [5.41, 5.74) is 2.03. The van der Waals surface area contributed by atoms with Gasteiger partial charge >= 0.3 is 6.03 Å². The number of piperidine rings is 3. The van der Waals surface area contributed by atoms with Gasteiger partial charge in [0.05, 0.1) is 6.20 Å². The van der Waals surface area contributed by atoms with Crippen molar-refractivity contribution in [1.82, 2.24) is 20.0 Å². The van der Waals surface area contributed by atoms with Crippen LogP contribution in [0.15, 0.2) is 42.7 Å². The van der Waals surface area contributed by atoms with Crippen LogP contribution in [0.3, 0.4) is 0 Å². The van der Waals surface area contributed by atoms with E-state index in [4.69, 9.17) is 0 Å². The van der Waals surface area contributed by atoms with Crippen LogP contribution in [0.5, 0.6) is 0 Å². The molecule has 5 rings (SSSR count). The summed E-state index contributed by atoms with van der Waals surface area (Å²) in [5.74, 6) is 0.600. The van der Waals surface area contributed by atoms with Crippen molar-refractivity contribution in [1.29, 1.82) is 0 Å². The summed E-state index contributed by atoms with van der Waals surface area (Å²) < 4.78 is 1.42. The molecule has 5 heteroatoms. The monoisotopic (exact) mass is 310 g/mol. The molecule has 0 saturated carbocycles. The summed E-state index contributed by atoms with van der Waals surface area (Å²) in [4.78, 5) is 15.0. The Bertz CT molecular complexity index is 686. The highest BCUT2D eigenvalue weighted by molar-refractivity contribution is 5.78. The second-order valence-electron chi connectivity index (χ2n) is 6.63. The molecule has 3 saturated heterocycles. The number of hydrogen-bond donors (Lipinski definition) is 1. The number of amides is 1. The topological polar surface area (TPSA) is 50.2 Å². The Labute approximate surface area is 136 Å². The van der Waals surface area contributed by atoms with Gasteiger partial charge in [0.15, 0.2) is 0 Å². The normalized spacial score (nSPS) is 29.4. The van der Waals surface area contributed by atoms with Crippen molar-refractivity contribution in [2.24, 2.45) is 5.92 Å². The zero-order chi connectivity index (χ0) is 15.8. The SMILES string of the molecule is C[C@@H]1[C@H](NC(=O)n2cc(-c3ccccc3)cn2)C2CCN1CC2. The summed E-state index contributed by atoms with van der Waals surface area (Å²) in [7, 11) is 0. The number of rotatable bonds is 2. The van der Waals surface area contributed by atoms with E-state index in [1.807, 2.05) is 30.3 Å². The molecule has 2 atom stereocenters. The number of hydrogen-bond acceptors (Lipinski definition) is 3. The summed E-state index contributed by atoms with van der Waals surface area (Å²) in [6.07, 6.45) is 5.92. The van der Waals surface area contributed by atoms with Gasteiger partial charge in [-0.1, -0.05) is 30.3 Å². The van der Waals surface area contributed by atoms with Crippen molar-refractivity contribution in [2.75, 3.05) is 13.1 Å². The van der Waals surface area contributed by atoms with Crippen molar-refractivity contribution in [3.05, 3.63) is 42.7 Å². The first-order chi connectivity index (χ1) is 11.2. The Kier molecular flexibility index (Phi) is 3.65. The van der Waals surface area contributed by atoms with Crippen LogP contribution in [-0.2, 0) is 0 Å². The highest BCUT2D eigenvalue weighted by Crippen LogP contribution is 2.32. The molecule has 2 bridgehead atoms. The second kappa shape index (κ2) is 5.81. The molecule has 1 aromatic carbocycles. The number of fused-ring (bicyclic) bond motifs is 3. The molecule has 0 aliphatic carbocycles. The minimum absolute atomic E-state index is 0.127. The zero-order valence-electron chi connectivity index (χ0n) is 13.4. The highest BCUT2D eigenvalue weighted by Gasteiger charge is 2.40. The zero-order valence-corrected chi connectivity index (χ0v) is 13.4. The Morgan fingerprint density at radius 2 is 1.91 bits per heavy atom. The van der Waals surface area contributed by atoms with E-state index in [0.717, 1.165) is 24.2 Å². The van der Waals surface area contributed by atoms with Gasteiger partial charge in [0.25, 0.3) is 0 Å². The predicted molar refractivity (Wildman–Crippen MR) is 89.1 cm³/mol. The molecule has 1 amide bonds. The van der Waals surface area contributed by atoms with Crippen molar-refractivity contribution < 1.29 is 4.79 Å². The molecule has 3 fully saturated rings. The lowest BCUT2D eigenvalue weighted by atomic mass is 9.79. The lowest BCUT2D eigenvalue weighted by Gasteiger charge is -2.49. The minimum Gasteiger partial charge on any atom is -0.332 e. The summed E-state index contributed by atoms with van der Waals surface area (Å²) in [5, 5.41) is 7.44. The Balaban J connectivity index is 1.49. The van der Waals surface area contributed by atoms with Gasteiger partial charge in [-0.25, -0.2) is 4.79 Å². The molecule has 0 radical (unpaired) electrons. The average molecular weight is 310 g/mol. The molecule has 3 aliphatic heterocycles. The van der Waals surface area contributed by atoms with Crippen LogP contribution in [0, 0.1) is 5.92 Å². The van der Waals surface area contributed by atoms with Gasteiger partial charge in [0.2, 0.25) is 0 Å². The maximum absolute atomic E-state index is 12.6. The number of nitrogens with zero attached hydrogens (tertiary/aromatic N) is 3. The fourth-order valence-corrected chi connectivity index (χ4v) is 3.97. The molecular formula is C18H22N4O. The van der Waals surface area contributed by atoms with E-state index in [9.17, 15) is 4.79 Å². The molecule has 5 nitrogen and oxygen atoms in total. The van der Waals surface area contributed by atoms with Gasteiger partial charge in [-0.3, -0.25) is 4.90 Å². The molecule has 0 unspecified atom stereocenters. The Morgan fingerprint density at radius 1 is 1.17 bits per heavy atom. The molecule has 4 heterocycles. The first-order valence-electron chi connectivity index (χ1n) is 8.37. The first kappa shape index (κ1) is 14.5. The summed E-state index contributed by atoms with van der Waals surface area (Å²) in [6.45, 7) is 4.55. The average Bonchev–Trinajstić information content (AvgIpc) is 3.09. The maximum Gasteiger partial charge on any atom is 0.342 e. The van der Waals surface area contributed by atoms with Gasteiger partial charge in [-0.15, -0.1) is 0 Å². The number of carbonyl (C=O) groups is 1. The third-order valence-corrected chi connectivity index (χ3v) is 5.37. The first-order valence-corrected chi connectivity index (χ1v) is 8.37. The van der Waals surface area contributed by atoms with Crippen LogP contribution in [-0.4, -0.2) is 45.9 Å². The smallest absolute Gasteiger partial charge is 0.332 e. The highest BCUT2D eigenvalue weighted by atomic mass is 16.2. The fraction of sp³-hybridized carbons (Fsp3) is 0.444. The van der Waals surface area contributed by atoms with Crippen LogP contribution in [0.1, 0.15) is 19.8 Å². The molecule has 3 aliphatic rings. The van der Waals surface area contributed by atoms with Gasteiger partial charge in [-0.2, -0.15) is 9.78 Å². The fourth-order valence-electron chi connectivity index (χ4n) is 3.97. The third kappa shape index (κ3) is 2.65. The molecular weight excluding hydrogens is 288 g/mol. The molecule has 1 N–H and O–H groups in total. The van der Waals surface area contributed by atoms with E-state index in [2.05, 4.69) is 22.2 Å². The van der Waals surface area contributed by atoms with Crippen molar-refractivity contribution in [3.63, 3.8) is 0 Å². The van der Waals surface area contributed by atoms with E-state index in [1.165, 1.54) is 17.5 Å². The number of carbonyl (C=O) groups excluding carboxylic acids is 1. The van der Waals surface area contributed by atoms with Crippen LogP contribution in [0.25, 0.3) is 11.1 Å². The lowest BCUT2D eigenvalue weighted by Crippen LogP contribution is -2.62. The van der Waals surface area contributed by atoms with E-state index in [0.29, 0.717) is 12.0 Å². The molecule has 23 heavy (non-hydrogen) atoms. The van der Waals surface area contributed by atoms with Crippen LogP contribution in [0.2, 0.25) is 0 Å². The Morgan fingerprint density at radius 3 is 2.61 bits per heavy atom. The largest absolute Gasteiger partial charge is 0.342 e. The van der Waals surface area contributed by atoms with E-state index in [1.54, 1.807) is 12.4 Å². The second-order valence-corrected chi connectivity index (χ2v) is 6.63. The van der Waals surface area contributed by atoms with Crippen LogP contribution >= 0.6 is 0 Å². The number of benzene rings is 1. The quantitative estimate of drug-likeness (QED) is 0.927. The van der Waals surface area contributed by atoms with E-state index in [-0.39, 0.29) is 12.1 Å². The van der Waals surface area contributed by atoms with Crippen molar-refractivity contribution in [3.8, 4) is 11.1 Å². The maximum atomic E-state index is 12.6. The van der Waals surface area contributed by atoms with Gasteiger partial charge < -0.3 is 5.32 Å². The molecule has 2 aromatic rings. The Hall–Kier alpha value is -2.14. The van der Waals surface area contributed by atoms with Crippen molar-refractivity contribution >= 4 is 6.03 Å².